The van der Waals surface area contributed by atoms with Crippen LogP contribution >= 0.6 is 0 Å². The lowest BCUT2D eigenvalue weighted by Gasteiger charge is -2.17. The van der Waals surface area contributed by atoms with Crippen molar-refractivity contribution in [2.24, 2.45) is 0 Å². The van der Waals surface area contributed by atoms with E-state index in [0.29, 0.717) is 23.6 Å². The maximum absolute atomic E-state index is 12.4. The average Bonchev–Trinajstić information content (AvgIpc) is 3.08. The summed E-state index contributed by atoms with van der Waals surface area (Å²) < 4.78 is 10.5. The number of hydrogen-bond acceptors (Lipinski definition) is 4. The molecule has 0 spiro atoms. The number of anilines is 2. The topological polar surface area (TPSA) is 67.9 Å². The minimum absolute atomic E-state index is 0.122. The Bertz CT molecular complexity index is 819. The number of ether oxygens (including phenoxy) is 2. The van der Waals surface area contributed by atoms with Crippen LogP contribution in [0.3, 0.4) is 0 Å². The van der Waals surface area contributed by atoms with Gasteiger partial charge >= 0.3 is 0 Å². The van der Waals surface area contributed by atoms with E-state index in [0.717, 1.165) is 24.2 Å². The SMILES string of the molecule is COc1ccc(CC(=O)Nc2cccc(N3CCCC3=O)c2)c(OC)c1. The number of benzene rings is 2. The highest BCUT2D eigenvalue weighted by atomic mass is 16.5. The number of methoxy groups -OCH3 is 2. The zero-order chi connectivity index (χ0) is 18.5. The molecule has 1 aliphatic heterocycles. The smallest absolute Gasteiger partial charge is 0.228 e. The third-order valence-electron chi connectivity index (χ3n) is 4.36. The minimum Gasteiger partial charge on any atom is -0.497 e. The molecule has 0 bridgehead atoms. The highest BCUT2D eigenvalue weighted by Crippen LogP contribution is 2.26. The molecule has 1 aliphatic rings. The third-order valence-corrected chi connectivity index (χ3v) is 4.36. The molecule has 0 saturated carbocycles. The molecule has 0 radical (unpaired) electrons. The first-order valence-electron chi connectivity index (χ1n) is 8.52. The summed E-state index contributed by atoms with van der Waals surface area (Å²) in [5.74, 6) is 1.25. The molecular weight excluding hydrogens is 332 g/mol. The van der Waals surface area contributed by atoms with Crippen LogP contribution in [-0.4, -0.2) is 32.6 Å². The molecule has 1 saturated heterocycles. The van der Waals surface area contributed by atoms with Crippen molar-refractivity contribution >= 4 is 23.2 Å². The molecule has 2 aromatic carbocycles. The highest BCUT2D eigenvalue weighted by Gasteiger charge is 2.21. The van der Waals surface area contributed by atoms with Gasteiger partial charge in [0.1, 0.15) is 11.5 Å². The van der Waals surface area contributed by atoms with Crippen LogP contribution in [0, 0.1) is 0 Å². The van der Waals surface area contributed by atoms with E-state index >= 15 is 0 Å². The Morgan fingerprint density at radius 3 is 2.69 bits per heavy atom. The highest BCUT2D eigenvalue weighted by molar-refractivity contribution is 5.97. The molecule has 2 aromatic rings. The number of carbonyl (C=O) groups excluding carboxylic acids is 2. The van der Waals surface area contributed by atoms with Gasteiger partial charge in [-0.05, 0) is 30.7 Å². The standard InChI is InChI=1S/C20H22N2O4/c1-25-17-9-8-14(18(13-17)26-2)11-19(23)21-15-5-3-6-16(12-15)22-10-4-7-20(22)24/h3,5-6,8-9,12-13H,4,7,10-11H2,1-2H3,(H,21,23). The van der Waals surface area contributed by atoms with Crippen molar-refractivity contribution in [2.45, 2.75) is 19.3 Å². The van der Waals surface area contributed by atoms with Gasteiger partial charge in [-0.25, -0.2) is 0 Å². The first kappa shape index (κ1) is 17.8. The summed E-state index contributed by atoms with van der Waals surface area (Å²) in [6.07, 6.45) is 1.63. The van der Waals surface area contributed by atoms with E-state index < -0.39 is 0 Å². The summed E-state index contributed by atoms with van der Waals surface area (Å²) in [4.78, 5) is 26.1. The molecule has 0 unspecified atom stereocenters. The van der Waals surface area contributed by atoms with E-state index in [4.69, 9.17) is 9.47 Å². The molecule has 0 atom stereocenters. The van der Waals surface area contributed by atoms with Crippen molar-refractivity contribution in [1.29, 1.82) is 0 Å². The van der Waals surface area contributed by atoms with Crippen molar-refractivity contribution in [1.82, 2.24) is 0 Å². The fourth-order valence-corrected chi connectivity index (χ4v) is 3.05. The van der Waals surface area contributed by atoms with Gasteiger partial charge in [0.25, 0.3) is 0 Å². The number of amides is 2. The molecule has 6 heteroatoms. The summed E-state index contributed by atoms with van der Waals surface area (Å²) >= 11 is 0. The van der Waals surface area contributed by atoms with Crippen molar-refractivity contribution < 1.29 is 19.1 Å². The molecule has 1 heterocycles. The van der Waals surface area contributed by atoms with Crippen LogP contribution in [0.1, 0.15) is 18.4 Å². The van der Waals surface area contributed by atoms with Gasteiger partial charge in [0, 0.05) is 36.0 Å². The van der Waals surface area contributed by atoms with E-state index in [1.165, 1.54) is 0 Å². The normalized spacial score (nSPS) is 13.6. The van der Waals surface area contributed by atoms with E-state index in [2.05, 4.69) is 5.32 Å². The molecule has 2 amide bonds. The van der Waals surface area contributed by atoms with Crippen molar-refractivity contribution in [3.05, 3.63) is 48.0 Å². The zero-order valence-corrected chi connectivity index (χ0v) is 15.0. The van der Waals surface area contributed by atoms with Gasteiger partial charge in [0.15, 0.2) is 0 Å². The van der Waals surface area contributed by atoms with Crippen LogP contribution in [0.5, 0.6) is 11.5 Å². The fraction of sp³-hybridized carbons (Fsp3) is 0.300. The van der Waals surface area contributed by atoms with Gasteiger partial charge in [-0.2, -0.15) is 0 Å². The molecule has 3 rings (SSSR count). The molecule has 26 heavy (non-hydrogen) atoms. The molecule has 136 valence electrons. The number of nitrogens with zero attached hydrogens (tertiary/aromatic N) is 1. The first-order valence-corrected chi connectivity index (χ1v) is 8.52. The van der Waals surface area contributed by atoms with Gasteiger partial charge < -0.3 is 19.7 Å². The molecule has 1 fully saturated rings. The van der Waals surface area contributed by atoms with Gasteiger partial charge in [-0.3, -0.25) is 9.59 Å². The molecule has 1 N–H and O–H groups in total. The number of nitrogens with one attached hydrogen (secondary N) is 1. The Hall–Kier alpha value is -3.02. The molecule has 0 aromatic heterocycles. The summed E-state index contributed by atoms with van der Waals surface area (Å²) in [5, 5.41) is 2.89. The van der Waals surface area contributed by atoms with Crippen LogP contribution in [0.15, 0.2) is 42.5 Å². The average molecular weight is 354 g/mol. The van der Waals surface area contributed by atoms with Crippen LogP contribution in [0.2, 0.25) is 0 Å². The predicted octanol–water partition coefficient (Wildman–Crippen LogP) is 3.01. The molecular formula is C20H22N2O4. The maximum atomic E-state index is 12.4. The van der Waals surface area contributed by atoms with E-state index in [1.54, 1.807) is 31.3 Å². The second kappa shape index (κ2) is 7.91. The Labute approximate surface area is 152 Å². The Kier molecular flexibility index (Phi) is 5.41. The van der Waals surface area contributed by atoms with Crippen LogP contribution in [0.4, 0.5) is 11.4 Å². The lowest BCUT2D eigenvalue weighted by Crippen LogP contribution is -2.23. The van der Waals surface area contributed by atoms with Crippen molar-refractivity contribution in [3.63, 3.8) is 0 Å². The second-order valence-electron chi connectivity index (χ2n) is 6.10. The Morgan fingerprint density at radius 1 is 1.15 bits per heavy atom. The van der Waals surface area contributed by atoms with Crippen LogP contribution in [0.25, 0.3) is 0 Å². The van der Waals surface area contributed by atoms with Crippen LogP contribution < -0.4 is 19.7 Å². The lowest BCUT2D eigenvalue weighted by molar-refractivity contribution is -0.117. The summed E-state index contributed by atoms with van der Waals surface area (Å²) in [5.41, 5.74) is 2.25. The molecule has 0 aliphatic carbocycles. The largest absolute Gasteiger partial charge is 0.497 e. The predicted molar refractivity (Wildman–Crippen MR) is 99.9 cm³/mol. The van der Waals surface area contributed by atoms with Crippen molar-refractivity contribution in [2.75, 3.05) is 31.0 Å². The van der Waals surface area contributed by atoms with Gasteiger partial charge in [-0.15, -0.1) is 0 Å². The molecule has 6 nitrogen and oxygen atoms in total. The van der Waals surface area contributed by atoms with Gasteiger partial charge in [0.2, 0.25) is 11.8 Å². The van der Waals surface area contributed by atoms with Gasteiger partial charge in [0.05, 0.1) is 20.6 Å². The zero-order valence-electron chi connectivity index (χ0n) is 15.0. The Balaban J connectivity index is 1.70. The monoisotopic (exact) mass is 354 g/mol. The van der Waals surface area contributed by atoms with Gasteiger partial charge in [-0.1, -0.05) is 12.1 Å². The summed E-state index contributed by atoms with van der Waals surface area (Å²) in [6, 6.07) is 12.7. The first-order chi connectivity index (χ1) is 12.6. The van der Waals surface area contributed by atoms with Crippen LogP contribution in [-0.2, 0) is 16.0 Å². The van der Waals surface area contributed by atoms with E-state index in [-0.39, 0.29) is 18.2 Å². The lowest BCUT2D eigenvalue weighted by atomic mass is 10.1. The minimum atomic E-state index is -0.154. The number of carbonyl (C=O) groups is 2. The maximum Gasteiger partial charge on any atom is 0.228 e. The quantitative estimate of drug-likeness (QED) is 0.866. The summed E-state index contributed by atoms with van der Waals surface area (Å²) in [7, 11) is 3.14. The van der Waals surface area contributed by atoms with E-state index in [1.807, 2.05) is 30.3 Å². The summed E-state index contributed by atoms with van der Waals surface area (Å²) in [6.45, 7) is 0.722. The van der Waals surface area contributed by atoms with Crippen molar-refractivity contribution in [3.8, 4) is 11.5 Å². The fourth-order valence-electron chi connectivity index (χ4n) is 3.05. The second-order valence-corrected chi connectivity index (χ2v) is 6.10. The number of hydrogen-bond donors (Lipinski definition) is 1. The van der Waals surface area contributed by atoms with E-state index in [9.17, 15) is 9.59 Å². The number of rotatable bonds is 6. The third kappa shape index (κ3) is 3.96. The Morgan fingerprint density at radius 2 is 2.00 bits per heavy atom.